The summed E-state index contributed by atoms with van der Waals surface area (Å²) in [5.41, 5.74) is 5.42. The molecule has 0 unspecified atom stereocenters. The summed E-state index contributed by atoms with van der Waals surface area (Å²) in [6.45, 7) is 6.34. The van der Waals surface area contributed by atoms with Crippen LogP contribution in [0.5, 0.6) is 0 Å². The molecule has 4 aromatic rings. The Bertz CT molecular complexity index is 1330. The summed E-state index contributed by atoms with van der Waals surface area (Å²) in [4.78, 5) is 31.1. The van der Waals surface area contributed by atoms with E-state index in [-0.39, 0.29) is 11.0 Å². The average Bonchev–Trinajstić information content (AvgIpc) is 2.79. The number of benzene rings is 2. The van der Waals surface area contributed by atoms with E-state index in [9.17, 15) is 9.59 Å². The molecular weight excluding hydrogens is 398 g/mol. The number of carbonyl (C=O) groups is 1. The van der Waals surface area contributed by atoms with E-state index in [0.717, 1.165) is 22.4 Å². The molecule has 0 atom stereocenters. The van der Waals surface area contributed by atoms with Crippen molar-refractivity contribution in [3.05, 3.63) is 117 Å². The predicted molar refractivity (Wildman–Crippen MR) is 128 cm³/mol. The number of amides is 1. The van der Waals surface area contributed by atoms with Gasteiger partial charge in [-0.15, -0.1) is 0 Å². The number of anilines is 1. The molecule has 0 saturated heterocycles. The lowest BCUT2D eigenvalue weighted by atomic mass is 10.0. The highest BCUT2D eigenvalue weighted by molar-refractivity contribution is 6.08. The third-order valence-electron chi connectivity index (χ3n) is 5.69. The molecule has 2 heterocycles. The average molecular weight is 424 g/mol. The Morgan fingerprint density at radius 3 is 2.41 bits per heavy atom. The number of carbonyl (C=O) groups excluding carboxylic acids is 1. The van der Waals surface area contributed by atoms with Crippen molar-refractivity contribution in [1.82, 2.24) is 9.55 Å². The van der Waals surface area contributed by atoms with Gasteiger partial charge >= 0.3 is 0 Å². The van der Waals surface area contributed by atoms with Gasteiger partial charge in [0.05, 0.1) is 11.4 Å². The second-order valence-electron chi connectivity index (χ2n) is 7.86. The Hall–Kier alpha value is -3.99. The Balaban J connectivity index is 1.89. The second-order valence-corrected chi connectivity index (χ2v) is 7.86. The molecule has 0 saturated carbocycles. The van der Waals surface area contributed by atoms with E-state index >= 15 is 0 Å². The molecule has 4 rings (SSSR count). The van der Waals surface area contributed by atoms with Gasteiger partial charge in [0.1, 0.15) is 5.56 Å². The topological polar surface area (TPSA) is 64.0 Å². The van der Waals surface area contributed by atoms with Gasteiger partial charge in [-0.1, -0.05) is 48.5 Å². The molecule has 0 spiro atoms. The van der Waals surface area contributed by atoms with E-state index in [1.54, 1.807) is 6.20 Å². The Morgan fingerprint density at radius 2 is 1.69 bits per heavy atom. The molecule has 2 aromatic heterocycles. The number of nitrogens with zero attached hydrogens (tertiary/aromatic N) is 2. The predicted octanol–water partition coefficient (Wildman–Crippen LogP) is 5.14. The minimum Gasteiger partial charge on any atom is -0.338 e. The van der Waals surface area contributed by atoms with Gasteiger partial charge in [-0.25, -0.2) is 0 Å². The fraction of sp³-hybridized carbons (Fsp3) is 0.148. The van der Waals surface area contributed by atoms with Crippen molar-refractivity contribution in [3.63, 3.8) is 0 Å². The molecule has 5 nitrogen and oxygen atoms in total. The third kappa shape index (κ3) is 4.23. The molecule has 0 bridgehead atoms. The van der Waals surface area contributed by atoms with Gasteiger partial charge in [0, 0.05) is 30.2 Å². The van der Waals surface area contributed by atoms with Gasteiger partial charge in [0.15, 0.2) is 5.43 Å². The van der Waals surface area contributed by atoms with E-state index in [1.165, 1.54) is 6.07 Å². The van der Waals surface area contributed by atoms with Crippen LogP contribution in [-0.4, -0.2) is 15.5 Å². The summed E-state index contributed by atoms with van der Waals surface area (Å²) in [5.74, 6) is -0.439. The van der Waals surface area contributed by atoms with Crippen LogP contribution in [0.3, 0.4) is 0 Å². The molecule has 160 valence electrons. The lowest BCUT2D eigenvalue weighted by molar-refractivity contribution is 0.102. The minimum atomic E-state index is -0.439. The SMILES string of the molecule is Cc1cccc(NC(=O)c2c(-c3ccccn3)n(Cc3ccccc3)c(C)cc2=O)c1C. The van der Waals surface area contributed by atoms with Crippen molar-refractivity contribution in [3.8, 4) is 11.4 Å². The third-order valence-corrected chi connectivity index (χ3v) is 5.69. The van der Waals surface area contributed by atoms with Crippen molar-refractivity contribution >= 4 is 11.6 Å². The molecule has 2 aromatic carbocycles. The van der Waals surface area contributed by atoms with E-state index in [1.807, 2.05) is 92.1 Å². The summed E-state index contributed by atoms with van der Waals surface area (Å²) < 4.78 is 1.98. The van der Waals surface area contributed by atoms with Crippen LogP contribution < -0.4 is 10.7 Å². The van der Waals surface area contributed by atoms with Crippen molar-refractivity contribution in [1.29, 1.82) is 0 Å². The molecule has 0 aliphatic heterocycles. The van der Waals surface area contributed by atoms with E-state index in [0.29, 0.717) is 23.6 Å². The van der Waals surface area contributed by atoms with Gasteiger partial charge in [-0.3, -0.25) is 14.6 Å². The van der Waals surface area contributed by atoms with Crippen LogP contribution >= 0.6 is 0 Å². The number of nitrogens with one attached hydrogen (secondary N) is 1. The van der Waals surface area contributed by atoms with Gasteiger partial charge in [-0.05, 0) is 55.7 Å². The molecule has 0 fully saturated rings. The normalized spacial score (nSPS) is 10.7. The zero-order valence-electron chi connectivity index (χ0n) is 18.4. The van der Waals surface area contributed by atoms with Crippen LogP contribution in [0.25, 0.3) is 11.4 Å². The Morgan fingerprint density at radius 1 is 0.938 bits per heavy atom. The summed E-state index contributed by atoms with van der Waals surface area (Å²) >= 11 is 0. The quantitative estimate of drug-likeness (QED) is 0.484. The summed E-state index contributed by atoms with van der Waals surface area (Å²) in [5, 5.41) is 2.95. The maximum atomic E-state index is 13.5. The zero-order valence-corrected chi connectivity index (χ0v) is 18.4. The number of aromatic nitrogens is 2. The maximum Gasteiger partial charge on any atom is 0.261 e. The second kappa shape index (κ2) is 9.02. The number of pyridine rings is 2. The number of aryl methyl sites for hydroxylation is 2. The molecular formula is C27H25N3O2. The largest absolute Gasteiger partial charge is 0.338 e. The van der Waals surface area contributed by atoms with Crippen LogP contribution in [0.2, 0.25) is 0 Å². The van der Waals surface area contributed by atoms with Gasteiger partial charge in [0.2, 0.25) is 0 Å². The highest BCUT2D eigenvalue weighted by Crippen LogP contribution is 2.25. The molecule has 1 N–H and O–H groups in total. The highest BCUT2D eigenvalue weighted by Gasteiger charge is 2.23. The summed E-state index contributed by atoms with van der Waals surface area (Å²) in [6.07, 6.45) is 1.67. The van der Waals surface area contributed by atoms with Crippen LogP contribution in [-0.2, 0) is 6.54 Å². The summed E-state index contributed by atoms with van der Waals surface area (Å²) in [6, 6.07) is 22.7. The molecule has 0 radical (unpaired) electrons. The first-order chi connectivity index (χ1) is 15.5. The monoisotopic (exact) mass is 423 g/mol. The first-order valence-corrected chi connectivity index (χ1v) is 10.5. The van der Waals surface area contributed by atoms with E-state index in [4.69, 9.17) is 0 Å². The highest BCUT2D eigenvalue weighted by atomic mass is 16.2. The zero-order chi connectivity index (χ0) is 22.7. The van der Waals surface area contributed by atoms with Crippen LogP contribution in [0.4, 0.5) is 5.69 Å². The maximum absolute atomic E-state index is 13.5. The van der Waals surface area contributed by atoms with Crippen molar-refractivity contribution in [2.24, 2.45) is 0 Å². The van der Waals surface area contributed by atoms with Gasteiger partial charge in [0.25, 0.3) is 5.91 Å². The minimum absolute atomic E-state index is 0.0890. The Labute approximate surface area is 187 Å². The lowest BCUT2D eigenvalue weighted by Crippen LogP contribution is -2.27. The molecule has 32 heavy (non-hydrogen) atoms. The molecule has 0 aliphatic carbocycles. The van der Waals surface area contributed by atoms with Crippen LogP contribution in [0.1, 0.15) is 32.7 Å². The summed E-state index contributed by atoms with van der Waals surface area (Å²) in [7, 11) is 0. The molecule has 5 heteroatoms. The smallest absolute Gasteiger partial charge is 0.261 e. The van der Waals surface area contributed by atoms with Crippen molar-refractivity contribution in [2.45, 2.75) is 27.3 Å². The standard InChI is InChI=1S/C27H25N3O2/c1-18-10-9-14-22(20(18)3)29-27(32)25-24(31)16-19(2)30(17-21-11-5-4-6-12-21)26(25)23-13-7-8-15-28-23/h4-16H,17H2,1-3H3,(H,29,32). The molecule has 0 aliphatic rings. The van der Waals surface area contributed by atoms with E-state index in [2.05, 4.69) is 10.3 Å². The number of hydrogen-bond acceptors (Lipinski definition) is 3. The number of hydrogen-bond donors (Lipinski definition) is 1. The van der Waals surface area contributed by atoms with Crippen molar-refractivity contribution < 1.29 is 4.79 Å². The fourth-order valence-electron chi connectivity index (χ4n) is 3.80. The molecule has 1 amide bonds. The Kier molecular flexibility index (Phi) is 5.99. The first-order valence-electron chi connectivity index (χ1n) is 10.5. The van der Waals surface area contributed by atoms with E-state index < -0.39 is 5.91 Å². The van der Waals surface area contributed by atoms with Crippen LogP contribution in [0.15, 0.2) is 83.8 Å². The van der Waals surface area contributed by atoms with Gasteiger partial charge < -0.3 is 9.88 Å². The van der Waals surface area contributed by atoms with Crippen LogP contribution in [0, 0.1) is 20.8 Å². The number of rotatable bonds is 5. The lowest BCUT2D eigenvalue weighted by Gasteiger charge is -2.20. The van der Waals surface area contributed by atoms with Crippen molar-refractivity contribution in [2.75, 3.05) is 5.32 Å². The fourth-order valence-corrected chi connectivity index (χ4v) is 3.80. The van der Waals surface area contributed by atoms with Gasteiger partial charge in [-0.2, -0.15) is 0 Å². The first kappa shape index (κ1) is 21.2.